The van der Waals surface area contributed by atoms with E-state index >= 15 is 0 Å². The molecule has 1 fully saturated rings. The highest BCUT2D eigenvalue weighted by atomic mass is 35.5. The fourth-order valence-corrected chi connectivity index (χ4v) is 6.18. The van der Waals surface area contributed by atoms with E-state index in [0.717, 1.165) is 52.0 Å². The highest BCUT2D eigenvalue weighted by Gasteiger charge is 2.26. The van der Waals surface area contributed by atoms with Gasteiger partial charge in [0.2, 0.25) is 5.88 Å². The van der Waals surface area contributed by atoms with Crippen LogP contribution in [0.4, 0.5) is 11.5 Å². The normalized spacial score (nSPS) is 15.3. The Hall–Kier alpha value is -4.60. The number of carboxylic acids is 1. The molecule has 0 saturated carbocycles. The number of piperidine rings is 1. The third-order valence-electron chi connectivity index (χ3n) is 8.10. The third-order valence-corrected chi connectivity index (χ3v) is 8.51. The van der Waals surface area contributed by atoms with Gasteiger partial charge in [-0.2, -0.15) is 0 Å². The summed E-state index contributed by atoms with van der Waals surface area (Å²) in [5.74, 6) is 0.724. The van der Waals surface area contributed by atoms with Crippen LogP contribution in [0.25, 0.3) is 33.4 Å². The monoisotopic (exact) mass is 608 g/mol. The second-order valence-electron chi connectivity index (χ2n) is 11.0. The number of aryl methyl sites for hydroxylation is 1. The summed E-state index contributed by atoms with van der Waals surface area (Å²) in [5, 5.41) is 13.5. The van der Waals surface area contributed by atoms with Crippen LogP contribution in [0.5, 0.6) is 5.88 Å². The molecule has 1 aliphatic heterocycles. The zero-order chi connectivity index (χ0) is 30.8. The highest BCUT2D eigenvalue weighted by Crippen LogP contribution is 2.40. The second kappa shape index (κ2) is 12.6. The van der Waals surface area contributed by atoms with Gasteiger partial charge in [0.1, 0.15) is 11.3 Å². The molecule has 6 rings (SSSR count). The van der Waals surface area contributed by atoms with Gasteiger partial charge in [0.15, 0.2) is 5.82 Å². The van der Waals surface area contributed by atoms with Gasteiger partial charge >= 0.3 is 5.97 Å². The Morgan fingerprint density at radius 2 is 1.82 bits per heavy atom. The van der Waals surface area contributed by atoms with Gasteiger partial charge in [-0.15, -0.1) is 0 Å². The molecule has 44 heavy (non-hydrogen) atoms. The van der Waals surface area contributed by atoms with Gasteiger partial charge in [0.05, 0.1) is 29.3 Å². The lowest BCUT2D eigenvalue weighted by Crippen LogP contribution is -2.38. The Morgan fingerprint density at radius 1 is 1.02 bits per heavy atom. The number of aliphatic carboxylic acids is 1. The number of nitrogens with zero attached hydrogens (tertiary/aromatic N) is 5. The summed E-state index contributed by atoms with van der Waals surface area (Å²) in [5.41, 5.74) is 7.63. The predicted octanol–water partition coefficient (Wildman–Crippen LogP) is 7.07. The number of methoxy groups -OCH3 is 1. The molecule has 1 atom stereocenters. The fraction of sp³-hybridized carbons (Fsp3) is 0.265. The van der Waals surface area contributed by atoms with Gasteiger partial charge in [-0.3, -0.25) is 14.7 Å². The molecule has 2 N–H and O–H groups in total. The van der Waals surface area contributed by atoms with Crippen molar-refractivity contribution in [3.63, 3.8) is 0 Å². The Labute approximate surface area is 260 Å². The Bertz CT molecular complexity index is 1860. The van der Waals surface area contributed by atoms with Gasteiger partial charge in [0, 0.05) is 41.7 Å². The summed E-state index contributed by atoms with van der Waals surface area (Å²) in [4.78, 5) is 32.1. The molecule has 4 heterocycles. The first-order chi connectivity index (χ1) is 21.3. The molecule has 2 aromatic carbocycles. The van der Waals surface area contributed by atoms with E-state index in [4.69, 9.17) is 21.3 Å². The predicted molar refractivity (Wildman–Crippen MR) is 172 cm³/mol. The lowest BCUT2D eigenvalue weighted by atomic mass is 9.96. The first kappa shape index (κ1) is 29.5. The molecule has 224 valence electrons. The van der Waals surface area contributed by atoms with E-state index in [0.29, 0.717) is 53.3 Å². The van der Waals surface area contributed by atoms with Crippen molar-refractivity contribution in [2.24, 2.45) is 5.92 Å². The van der Waals surface area contributed by atoms with E-state index in [1.165, 1.54) is 0 Å². The summed E-state index contributed by atoms with van der Waals surface area (Å²) >= 11 is 7.10. The van der Waals surface area contributed by atoms with Crippen LogP contribution in [0.1, 0.15) is 29.8 Å². The number of hydrogen-bond donors (Lipinski definition) is 2. The van der Waals surface area contributed by atoms with Gasteiger partial charge in [-0.1, -0.05) is 48.0 Å². The van der Waals surface area contributed by atoms with Gasteiger partial charge in [-0.25, -0.2) is 15.0 Å². The Balaban J connectivity index is 1.30. The van der Waals surface area contributed by atoms with Crippen LogP contribution < -0.4 is 10.1 Å². The van der Waals surface area contributed by atoms with Crippen molar-refractivity contribution < 1.29 is 14.6 Å². The quantitative estimate of drug-likeness (QED) is 0.191. The molecular formula is C34H33ClN6O3. The molecule has 1 saturated heterocycles. The number of rotatable bonds is 8. The molecule has 5 aromatic rings. The minimum absolute atomic E-state index is 0.346. The van der Waals surface area contributed by atoms with Crippen molar-refractivity contribution >= 4 is 40.1 Å². The molecule has 0 amide bonds. The molecule has 0 aliphatic carbocycles. The topological polar surface area (TPSA) is 113 Å². The maximum Gasteiger partial charge on any atom is 0.307 e. The summed E-state index contributed by atoms with van der Waals surface area (Å²) in [6.07, 6.45) is 3.30. The molecular weight excluding hydrogens is 576 g/mol. The third kappa shape index (κ3) is 5.93. The number of fused-ring (bicyclic) bond motifs is 1. The standard InChI is InChI=1S/C34H33ClN6O3/c1-20-24(9-5-12-27(20)39-32-31-29(13-6-16-36-31)37-21(2)38-32)25-10-4-11-26(30(25)35)28-15-14-22(33(40-28)44-3)18-41-17-7-8-23(19-41)34(42)43/h4-6,9-16,23H,7-8,17-19H2,1-3H3,(H,42,43)(H,37,38,39). The van der Waals surface area contributed by atoms with E-state index in [1.807, 2.05) is 67.6 Å². The van der Waals surface area contributed by atoms with E-state index in [1.54, 1.807) is 13.3 Å². The van der Waals surface area contributed by atoms with E-state index in [2.05, 4.69) is 32.1 Å². The lowest BCUT2D eigenvalue weighted by Gasteiger charge is -2.30. The molecule has 3 aromatic heterocycles. The Morgan fingerprint density at radius 3 is 2.64 bits per heavy atom. The maximum atomic E-state index is 11.5. The summed E-state index contributed by atoms with van der Waals surface area (Å²) in [7, 11) is 1.60. The SMILES string of the molecule is COc1nc(-c2cccc(-c3cccc(Nc4nc(C)nc5cccnc45)c3C)c2Cl)ccc1CN1CCCC(C(=O)O)C1. The largest absolute Gasteiger partial charge is 0.481 e. The first-order valence-corrected chi connectivity index (χ1v) is 14.9. The minimum atomic E-state index is -0.740. The van der Waals surface area contributed by atoms with E-state index in [-0.39, 0.29) is 5.92 Å². The van der Waals surface area contributed by atoms with E-state index in [9.17, 15) is 9.90 Å². The number of ether oxygens (including phenoxy) is 1. The van der Waals surface area contributed by atoms with Crippen molar-refractivity contribution in [3.05, 3.63) is 88.8 Å². The van der Waals surface area contributed by atoms with Crippen LogP contribution in [-0.4, -0.2) is 56.1 Å². The Kier molecular flexibility index (Phi) is 8.41. The number of benzene rings is 2. The van der Waals surface area contributed by atoms with Crippen molar-refractivity contribution in [1.82, 2.24) is 24.8 Å². The van der Waals surface area contributed by atoms with Crippen LogP contribution in [0.2, 0.25) is 5.02 Å². The molecule has 0 spiro atoms. The van der Waals surface area contributed by atoms with Crippen molar-refractivity contribution in [2.75, 3.05) is 25.5 Å². The summed E-state index contributed by atoms with van der Waals surface area (Å²) in [6, 6.07) is 19.7. The average Bonchev–Trinajstić information content (AvgIpc) is 3.02. The summed E-state index contributed by atoms with van der Waals surface area (Å²) < 4.78 is 5.69. The number of halogens is 1. The number of carboxylic acid groups (broad SMARTS) is 1. The van der Waals surface area contributed by atoms with E-state index < -0.39 is 5.97 Å². The average molecular weight is 609 g/mol. The number of likely N-dealkylation sites (tertiary alicyclic amines) is 1. The van der Waals surface area contributed by atoms with Crippen molar-refractivity contribution in [3.8, 4) is 28.3 Å². The number of anilines is 2. The minimum Gasteiger partial charge on any atom is -0.481 e. The van der Waals surface area contributed by atoms with Crippen LogP contribution in [0.15, 0.2) is 66.9 Å². The second-order valence-corrected chi connectivity index (χ2v) is 11.4. The fourth-order valence-electron chi connectivity index (χ4n) is 5.86. The van der Waals surface area contributed by atoms with Crippen LogP contribution in [0, 0.1) is 19.8 Å². The highest BCUT2D eigenvalue weighted by molar-refractivity contribution is 6.36. The number of pyridine rings is 2. The van der Waals surface area contributed by atoms with Crippen molar-refractivity contribution in [2.45, 2.75) is 33.2 Å². The number of carbonyl (C=O) groups is 1. The maximum absolute atomic E-state index is 11.5. The first-order valence-electron chi connectivity index (χ1n) is 14.6. The lowest BCUT2D eigenvalue weighted by molar-refractivity contribution is -0.143. The van der Waals surface area contributed by atoms with Crippen LogP contribution in [-0.2, 0) is 11.3 Å². The van der Waals surface area contributed by atoms with Gasteiger partial charge in [-0.05, 0) is 68.6 Å². The molecule has 9 nitrogen and oxygen atoms in total. The molecule has 0 radical (unpaired) electrons. The number of aromatic nitrogens is 4. The zero-order valence-corrected chi connectivity index (χ0v) is 25.6. The smallest absolute Gasteiger partial charge is 0.307 e. The van der Waals surface area contributed by atoms with Crippen LogP contribution in [0.3, 0.4) is 0 Å². The molecule has 1 unspecified atom stereocenters. The molecule has 10 heteroatoms. The molecule has 1 aliphatic rings. The number of nitrogens with one attached hydrogen (secondary N) is 1. The summed E-state index contributed by atoms with van der Waals surface area (Å²) in [6.45, 7) is 5.86. The zero-order valence-electron chi connectivity index (χ0n) is 24.8. The molecule has 0 bridgehead atoms. The van der Waals surface area contributed by atoms with Gasteiger partial charge < -0.3 is 15.2 Å². The van der Waals surface area contributed by atoms with Crippen molar-refractivity contribution in [1.29, 1.82) is 0 Å². The number of hydrogen-bond acceptors (Lipinski definition) is 8. The van der Waals surface area contributed by atoms with Gasteiger partial charge in [0.25, 0.3) is 0 Å². The van der Waals surface area contributed by atoms with Crippen LogP contribution >= 0.6 is 11.6 Å².